The number of carbonyl (C=O) groups is 1. The first-order valence-electron chi connectivity index (χ1n) is 8.79. The SMILES string of the molecule is CCCCN(C(=O)CCCOc1cccc(Br)c1)C1CCS(=O)(=O)C1. The molecule has 25 heavy (non-hydrogen) atoms. The van der Waals surface area contributed by atoms with E-state index in [2.05, 4.69) is 22.9 Å². The molecule has 1 aromatic carbocycles. The van der Waals surface area contributed by atoms with E-state index in [-0.39, 0.29) is 23.5 Å². The van der Waals surface area contributed by atoms with Crippen molar-refractivity contribution in [2.45, 2.75) is 45.1 Å². The third-order valence-electron chi connectivity index (χ3n) is 4.32. The average molecular weight is 432 g/mol. The summed E-state index contributed by atoms with van der Waals surface area (Å²) >= 11 is 3.39. The minimum absolute atomic E-state index is 0.0355. The van der Waals surface area contributed by atoms with Gasteiger partial charge in [0.05, 0.1) is 18.1 Å². The summed E-state index contributed by atoms with van der Waals surface area (Å²) in [4.78, 5) is 14.4. The summed E-state index contributed by atoms with van der Waals surface area (Å²) in [5.74, 6) is 1.11. The van der Waals surface area contributed by atoms with Gasteiger partial charge in [-0.1, -0.05) is 35.3 Å². The van der Waals surface area contributed by atoms with Crippen LogP contribution in [0.1, 0.15) is 39.0 Å². The Morgan fingerprint density at radius 1 is 1.36 bits per heavy atom. The summed E-state index contributed by atoms with van der Waals surface area (Å²) in [5, 5.41) is 0. The molecule has 140 valence electrons. The highest BCUT2D eigenvalue weighted by Gasteiger charge is 2.34. The van der Waals surface area contributed by atoms with Gasteiger partial charge in [0.15, 0.2) is 9.84 Å². The Morgan fingerprint density at radius 2 is 2.16 bits per heavy atom. The highest BCUT2D eigenvalue weighted by molar-refractivity contribution is 9.10. The Morgan fingerprint density at radius 3 is 2.80 bits per heavy atom. The molecule has 0 radical (unpaired) electrons. The number of benzene rings is 1. The molecule has 1 fully saturated rings. The molecule has 1 atom stereocenters. The van der Waals surface area contributed by atoms with Crippen molar-refractivity contribution in [3.05, 3.63) is 28.7 Å². The van der Waals surface area contributed by atoms with E-state index in [0.29, 0.717) is 32.4 Å². The molecule has 1 aliphatic heterocycles. The highest BCUT2D eigenvalue weighted by Crippen LogP contribution is 2.20. The van der Waals surface area contributed by atoms with Crippen LogP contribution in [0.2, 0.25) is 0 Å². The number of carbonyl (C=O) groups excluding carboxylic acids is 1. The number of ether oxygens (including phenoxy) is 1. The molecule has 1 aromatic rings. The molecule has 5 nitrogen and oxygen atoms in total. The highest BCUT2D eigenvalue weighted by atomic mass is 79.9. The summed E-state index contributed by atoms with van der Waals surface area (Å²) in [7, 11) is -2.99. The summed E-state index contributed by atoms with van der Waals surface area (Å²) in [5.41, 5.74) is 0. The monoisotopic (exact) mass is 431 g/mol. The number of nitrogens with zero attached hydrogens (tertiary/aromatic N) is 1. The van der Waals surface area contributed by atoms with Crippen molar-refractivity contribution in [1.29, 1.82) is 0 Å². The third-order valence-corrected chi connectivity index (χ3v) is 6.57. The van der Waals surface area contributed by atoms with Gasteiger partial charge >= 0.3 is 0 Å². The lowest BCUT2D eigenvalue weighted by atomic mass is 10.1. The van der Waals surface area contributed by atoms with Gasteiger partial charge in [0.1, 0.15) is 5.75 Å². The van der Waals surface area contributed by atoms with Crippen LogP contribution < -0.4 is 4.74 Å². The summed E-state index contributed by atoms with van der Waals surface area (Å²) in [6, 6.07) is 7.44. The number of hydrogen-bond donors (Lipinski definition) is 0. The van der Waals surface area contributed by atoms with Crippen LogP contribution in [-0.2, 0) is 14.6 Å². The molecule has 0 saturated carbocycles. The zero-order chi connectivity index (χ0) is 18.3. The molecule has 1 aliphatic rings. The van der Waals surface area contributed by atoms with Gasteiger partial charge in [-0.25, -0.2) is 8.42 Å². The van der Waals surface area contributed by atoms with Crippen molar-refractivity contribution in [2.24, 2.45) is 0 Å². The first-order chi connectivity index (χ1) is 11.9. The predicted molar refractivity (Wildman–Crippen MR) is 103 cm³/mol. The van der Waals surface area contributed by atoms with E-state index < -0.39 is 9.84 Å². The second-order valence-electron chi connectivity index (χ2n) is 6.41. The fourth-order valence-corrected chi connectivity index (χ4v) is 5.08. The van der Waals surface area contributed by atoms with Crippen LogP contribution in [-0.4, -0.2) is 49.9 Å². The minimum Gasteiger partial charge on any atom is -0.494 e. The van der Waals surface area contributed by atoms with E-state index in [1.807, 2.05) is 24.3 Å². The van der Waals surface area contributed by atoms with Gasteiger partial charge in [-0.05, 0) is 37.5 Å². The maximum absolute atomic E-state index is 12.6. The summed E-state index contributed by atoms with van der Waals surface area (Å²) in [6.07, 6.45) is 3.44. The first-order valence-corrected chi connectivity index (χ1v) is 11.4. The lowest BCUT2D eigenvalue weighted by Gasteiger charge is -2.28. The Hall–Kier alpha value is -1.08. The molecule has 7 heteroatoms. The predicted octanol–water partition coefficient (Wildman–Crippen LogP) is 3.42. The van der Waals surface area contributed by atoms with Crippen molar-refractivity contribution in [3.8, 4) is 5.75 Å². The Balaban J connectivity index is 1.82. The van der Waals surface area contributed by atoms with Crippen molar-refractivity contribution in [3.63, 3.8) is 0 Å². The number of hydrogen-bond acceptors (Lipinski definition) is 4. The van der Waals surface area contributed by atoms with E-state index in [4.69, 9.17) is 4.74 Å². The van der Waals surface area contributed by atoms with Crippen molar-refractivity contribution in [1.82, 2.24) is 4.90 Å². The van der Waals surface area contributed by atoms with Gasteiger partial charge in [0, 0.05) is 23.5 Å². The average Bonchev–Trinajstić information content (AvgIpc) is 2.92. The van der Waals surface area contributed by atoms with E-state index >= 15 is 0 Å². The molecule has 0 N–H and O–H groups in total. The maximum atomic E-state index is 12.6. The van der Waals surface area contributed by atoms with Crippen LogP contribution in [0, 0.1) is 0 Å². The zero-order valence-corrected chi connectivity index (χ0v) is 17.0. The maximum Gasteiger partial charge on any atom is 0.222 e. The van der Waals surface area contributed by atoms with E-state index in [1.54, 1.807) is 4.90 Å². The zero-order valence-electron chi connectivity index (χ0n) is 14.6. The molecule has 1 amide bonds. The fourth-order valence-electron chi connectivity index (χ4n) is 2.97. The van der Waals surface area contributed by atoms with Crippen LogP contribution in [0.25, 0.3) is 0 Å². The third kappa shape index (κ3) is 6.62. The molecule has 2 rings (SSSR count). The summed E-state index contributed by atoms with van der Waals surface area (Å²) < 4.78 is 30.1. The van der Waals surface area contributed by atoms with Gasteiger partial charge in [0.25, 0.3) is 0 Å². The topological polar surface area (TPSA) is 63.7 Å². The van der Waals surface area contributed by atoms with E-state index in [0.717, 1.165) is 23.1 Å². The van der Waals surface area contributed by atoms with Gasteiger partial charge in [-0.2, -0.15) is 0 Å². The van der Waals surface area contributed by atoms with Crippen LogP contribution >= 0.6 is 15.9 Å². The van der Waals surface area contributed by atoms with Crippen molar-refractivity contribution in [2.75, 3.05) is 24.7 Å². The van der Waals surface area contributed by atoms with Gasteiger partial charge < -0.3 is 9.64 Å². The molecular weight excluding hydrogens is 406 g/mol. The summed E-state index contributed by atoms with van der Waals surface area (Å²) in [6.45, 7) is 3.18. The van der Waals surface area contributed by atoms with Gasteiger partial charge in [0.2, 0.25) is 5.91 Å². The normalized spacial score (nSPS) is 18.9. The van der Waals surface area contributed by atoms with Crippen molar-refractivity contribution >= 4 is 31.7 Å². The van der Waals surface area contributed by atoms with Gasteiger partial charge in [-0.15, -0.1) is 0 Å². The van der Waals surface area contributed by atoms with Crippen LogP contribution in [0.5, 0.6) is 5.75 Å². The molecule has 0 aromatic heterocycles. The lowest BCUT2D eigenvalue weighted by molar-refractivity contribution is -0.133. The number of halogens is 1. The van der Waals surface area contributed by atoms with Crippen molar-refractivity contribution < 1.29 is 17.9 Å². The smallest absolute Gasteiger partial charge is 0.222 e. The van der Waals surface area contributed by atoms with E-state index in [1.165, 1.54) is 0 Å². The fraction of sp³-hybridized carbons (Fsp3) is 0.611. The minimum atomic E-state index is -2.99. The molecule has 1 saturated heterocycles. The van der Waals surface area contributed by atoms with Crippen LogP contribution in [0.15, 0.2) is 28.7 Å². The van der Waals surface area contributed by atoms with Gasteiger partial charge in [-0.3, -0.25) is 4.79 Å². The number of amides is 1. The molecule has 1 unspecified atom stereocenters. The number of rotatable bonds is 9. The standard InChI is InChI=1S/C18H26BrNO4S/c1-2-3-10-20(16-9-12-25(22,23)14-16)18(21)8-5-11-24-17-7-4-6-15(19)13-17/h4,6-7,13,16H,2-3,5,8-12,14H2,1H3. The Labute approximate surface area is 158 Å². The molecule has 1 heterocycles. The molecule has 0 spiro atoms. The van der Waals surface area contributed by atoms with E-state index in [9.17, 15) is 13.2 Å². The number of unbranched alkanes of at least 4 members (excludes halogenated alkanes) is 1. The first kappa shape index (κ1) is 20.2. The van der Waals surface area contributed by atoms with Crippen LogP contribution in [0.4, 0.5) is 0 Å². The quantitative estimate of drug-likeness (QED) is 0.561. The largest absolute Gasteiger partial charge is 0.494 e. The molecule has 0 aliphatic carbocycles. The second-order valence-corrected chi connectivity index (χ2v) is 9.55. The molecular formula is C18H26BrNO4S. The van der Waals surface area contributed by atoms with Crippen LogP contribution in [0.3, 0.4) is 0 Å². The lowest BCUT2D eigenvalue weighted by Crippen LogP contribution is -2.41. The second kappa shape index (κ2) is 9.57. The Bertz CT molecular complexity index is 677. The number of sulfone groups is 1. The Kier molecular flexibility index (Phi) is 7.75. The molecule has 0 bridgehead atoms.